The van der Waals surface area contributed by atoms with E-state index < -0.39 is 0 Å². The van der Waals surface area contributed by atoms with E-state index in [1.54, 1.807) is 6.07 Å². The first-order valence-corrected chi connectivity index (χ1v) is 5.98. The normalized spacial score (nSPS) is 10.4. The Morgan fingerprint density at radius 1 is 1.18 bits per heavy atom. The first kappa shape index (κ1) is 12.0. The second-order valence-corrected chi connectivity index (χ2v) is 4.68. The summed E-state index contributed by atoms with van der Waals surface area (Å²) in [4.78, 5) is 8.72. The fourth-order valence-electron chi connectivity index (χ4n) is 1.50. The van der Waals surface area contributed by atoms with Crippen LogP contribution in [0.3, 0.4) is 0 Å². The third kappa shape index (κ3) is 2.62. The van der Waals surface area contributed by atoms with E-state index >= 15 is 0 Å². The molecule has 0 radical (unpaired) electrons. The number of benzene rings is 1. The lowest BCUT2D eigenvalue weighted by Crippen LogP contribution is -2.09. The molecule has 0 saturated heterocycles. The molecule has 1 heterocycles. The second-order valence-electron chi connectivity index (χ2n) is 3.83. The largest absolute Gasteiger partial charge is 0.308 e. The van der Waals surface area contributed by atoms with E-state index in [1.165, 1.54) is 5.56 Å². The Kier molecular flexibility index (Phi) is 3.40. The number of aryl methyl sites for hydroxylation is 2. The third-order valence-corrected chi connectivity index (χ3v) is 3.29. The molecule has 5 heteroatoms. The van der Waals surface area contributed by atoms with E-state index in [2.05, 4.69) is 31.3 Å². The summed E-state index contributed by atoms with van der Waals surface area (Å²) in [6.07, 6.45) is 0. The number of nitrogens with two attached hydrogens (primary N) is 1. The molecule has 0 bridgehead atoms. The van der Waals surface area contributed by atoms with E-state index in [4.69, 9.17) is 5.84 Å². The Hall–Kier alpha value is -1.46. The second kappa shape index (κ2) is 4.81. The highest BCUT2D eigenvalue weighted by molar-refractivity contribution is 9.10. The highest BCUT2D eigenvalue weighted by Gasteiger charge is 2.06. The predicted octanol–water partition coefficient (Wildman–Crippen LogP) is 2.81. The van der Waals surface area contributed by atoms with Crippen LogP contribution in [-0.2, 0) is 0 Å². The van der Waals surface area contributed by atoms with Crippen LogP contribution in [0.1, 0.15) is 11.3 Å². The Balaban J connectivity index is 2.52. The van der Waals surface area contributed by atoms with Crippen LogP contribution in [0.4, 0.5) is 5.82 Å². The Morgan fingerprint density at radius 2 is 1.94 bits per heavy atom. The Labute approximate surface area is 108 Å². The van der Waals surface area contributed by atoms with Crippen molar-refractivity contribution in [1.29, 1.82) is 0 Å². The van der Waals surface area contributed by atoms with Crippen LogP contribution >= 0.6 is 15.9 Å². The topological polar surface area (TPSA) is 63.8 Å². The lowest BCUT2D eigenvalue weighted by molar-refractivity contribution is 1.09. The van der Waals surface area contributed by atoms with Crippen molar-refractivity contribution in [2.75, 3.05) is 5.43 Å². The van der Waals surface area contributed by atoms with Gasteiger partial charge in [-0.15, -0.1) is 0 Å². The van der Waals surface area contributed by atoms with Gasteiger partial charge in [0.05, 0.1) is 0 Å². The average Bonchev–Trinajstić information content (AvgIpc) is 2.32. The molecule has 2 aromatic rings. The number of rotatable bonds is 2. The number of nitrogens with one attached hydrogen (secondary N) is 1. The molecule has 0 aliphatic heterocycles. The average molecular weight is 293 g/mol. The minimum Gasteiger partial charge on any atom is -0.308 e. The van der Waals surface area contributed by atoms with Gasteiger partial charge in [-0.1, -0.05) is 28.1 Å². The zero-order valence-electron chi connectivity index (χ0n) is 9.66. The van der Waals surface area contributed by atoms with Crippen LogP contribution in [0.2, 0.25) is 0 Å². The van der Waals surface area contributed by atoms with Crippen LogP contribution < -0.4 is 11.3 Å². The van der Waals surface area contributed by atoms with Crippen LogP contribution in [0, 0.1) is 13.8 Å². The molecule has 88 valence electrons. The van der Waals surface area contributed by atoms with E-state index in [9.17, 15) is 0 Å². The maximum Gasteiger partial charge on any atom is 0.161 e. The fraction of sp³-hybridized carbons (Fsp3) is 0.167. The van der Waals surface area contributed by atoms with Crippen molar-refractivity contribution in [2.24, 2.45) is 5.84 Å². The van der Waals surface area contributed by atoms with Crippen molar-refractivity contribution in [3.05, 3.63) is 40.0 Å². The van der Waals surface area contributed by atoms with Gasteiger partial charge in [0.25, 0.3) is 0 Å². The summed E-state index contributed by atoms with van der Waals surface area (Å²) in [6, 6.07) is 7.83. The van der Waals surface area contributed by atoms with E-state index in [-0.39, 0.29) is 0 Å². The molecule has 4 nitrogen and oxygen atoms in total. The molecular formula is C12H13BrN4. The molecule has 0 fully saturated rings. The van der Waals surface area contributed by atoms with Gasteiger partial charge in [-0.25, -0.2) is 15.8 Å². The van der Waals surface area contributed by atoms with Crippen LogP contribution in [0.25, 0.3) is 11.4 Å². The minimum atomic E-state index is 0.615. The minimum absolute atomic E-state index is 0.615. The van der Waals surface area contributed by atoms with Gasteiger partial charge in [0, 0.05) is 21.8 Å². The number of hydrazine groups is 1. The van der Waals surface area contributed by atoms with Crippen molar-refractivity contribution in [1.82, 2.24) is 9.97 Å². The molecule has 17 heavy (non-hydrogen) atoms. The molecule has 1 aromatic heterocycles. The maximum atomic E-state index is 5.37. The standard InChI is InChI=1S/C12H13BrN4/c1-7-3-4-9(6-10(7)13)12-15-8(2)5-11(16-12)17-14/h3-6H,14H2,1-2H3,(H,15,16,17). The van der Waals surface area contributed by atoms with Crippen LogP contribution in [0.5, 0.6) is 0 Å². The summed E-state index contributed by atoms with van der Waals surface area (Å²) >= 11 is 3.50. The zero-order valence-corrected chi connectivity index (χ0v) is 11.2. The van der Waals surface area contributed by atoms with Gasteiger partial charge in [0.15, 0.2) is 5.82 Å². The van der Waals surface area contributed by atoms with Crippen molar-refractivity contribution in [3.63, 3.8) is 0 Å². The highest BCUT2D eigenvalue weighted by Crippen LogP contribution is 2.24. The fourth-order valence-corrected chi connectivity index (χ4v) is 1.88. The van der Waals surface area contributed by atoms with Gasteiger partial charge in [-0.2, -0.15) is 0 Å². The molecule has 3 N–H and O–H groups in total. The van der Waals surface area contributed by atoms with Crippen molar-refractivity contribution >= 4 is 21.7 Å². The third-order valence-electron chi connectivity index (χ3n) is 2.43. The van der Waals surface area contributed by atoms with Gasteiger partial charge >= 0.3 is 0 Å². The van der Waals surface area contributed by atoms with E-state index in [0.29, 0.717) is 11.6 Å². The van der Waals surface area contributed by atoms with Gasteiger partial charge in [0.2, 0.25) is 0 Å². The van der Waals surface area contributed by atoms with Gasteiger partial charge in [-0.05, 0) is 25.5 Å². The van der Waals surface area contributed by atoms with Crippen molar-refractivity contribution < 1.29 is 0 Å². The molecule has 0 saturated carbocycles. The highest BCUT2D eigenvalue weighted by atomic mass is 79.9. The summed E-state index contributed by atoms with van der Waals surface area (Å²) < 4.78 is 1.04. The Morgan fingerprint density at radius 3 is 2.59 bits per heavy atom. The lowest BCUT2D eigenvalue weighted by Gasteiger charge is -2.06. The molecule has 0 amide bonds. The maximum absolute atomic E-state index is 5.37. The van der Waals surface area contributed by atoms with Crippen LogP contribution in [0.15, 0.2) is 28.7 Å². The molecule has 2 rings (SSSR count). The lowest BCUT2D eigenvalue weighted by atomic mass is 10.1. The Bertz CT molecular complexity index is 554. The summed E-state index contributed by atoms with van der Waals surface area (Å²) in [5, 5.41) is 0. The van der Waals surface area contributed by atoms with Crippen LogP contribution in [-0.4, -0.2) is 9.97 Å². The van der Waals surface area contributed by atoms with Crippen molar-refractivity contribution in [3.8, 4) is 11.4 Å². The molecule has 0 unspecified atom stereocenters. The summed E-state index contributed by atoms with van der Waals surface area (Å²) in [7, 11) is 0. The molecule has 0 aliphatic carbocycles. The quantitative estimate of drug-likeness (QED) is 0.660. The first-order valence-electron chi connectivity index (χ1n) is 5.19. The van der Waals surface area contributed by atoms with E-state index in [1.807, 2.05) is 32.0 Å². The smallest absolute Gasteiger partial charge is 0.161 e. The molecule has 0 atom stereocenters. The van der Waals surface area contributed by atoms with E-state index in [0.717, 1.165) is 15.7 Å². The summed E-state index contributed by atoms with van der Waals surface area (Å²) in [6.45, 7) is 3.95. The number of hydrogen-bond donors (Lipinski definition) is 2. The molecule has 1 aromatic carbocycles. The number of aromatic nitrogens is 2. The van der Waals surface area contributed by atoms with Gasteiger partial charge in [0.1, 0.15) is 5.82 Å². The van der Waals surface area contributed by atoms with Gasteiger partial charge < -0.3 is 5.43 Å². The molecular weight excluding hydrogens is 280 g/mol. The van der Waals surface area contributed by atoms with Gasteiger partial charge in [-0.3, -0.25) is 0 Å². The molecule has 0 spiro atoms. The number of hydrogen-bond acceptors (Lipinski definition) is 4. The molecule has 0 aliphatic rings. The number of nitrogens with zero attached hydrogens (tertiary/aromatic N) is 2. The number of halogens is 1. The van der Waals surface area contributed by atoms with Crippen molar-refractivity contribution in [2.45, 2.75) is 13.8 Å². The predicted molar refractivity (Wildman–Crippen MR) is 72.5 cm³/mol. The SMILES string of the molecule is Cc1cc(NN)nc(-c2ccc(C)c(Br)c2)n1. The summed E-state index contributed by atoms with van der Waals surface area (Å²) in [5.74, 6) is 6.65. The summed E-state index contributed by atoms with van der Waals surface area (Å²) in [5.41, 5.74) is 5.56. The monoisotopic (exact) mass is 292 g/mol. The number of nitrogen functional groups attached to an aromatic ring is 1. The zero-order chi connectivity index (χ0) is 12.4. The number of anilines is 1. The first-order chi connectivity index (χ1) is 8.10.